The van der Waals surface area contributed by atoms with Crippen molar-refractivity contribution in [3.63, 3.8) is 0 Å². The summed E-state index contributed by atoms with van der Waals surface area (Å²) in [7, 11) is 0. The van der Waals surface area contributed by atoms with Crippen molar-refractivity contribution in [3.8, 4) is 0 Å². The molecule has 2 N–H and O–H groups in total. The van der Waals surface area contributed by atoms with E-state index in [0.29, 0.717) is 24.8 Å². The van der Waals surface area contributed by atoms with Crippen molar-refractivity contribution in [2.75, 3.05) is 0 Å². The first kappa shape index (κ1) is 19.5. The highest BCUT2D eigenvalue weighted by Crippen LogP contribution is 2.48. The van der Waals surface area contributed by atoms with Crippen LogP contribution in [0.5, 0.6) is 0 Å². The lowest BCUT2D eigenvalue weighted by atomic mass is 9.81. The number of carbonyl (C=O) groups is 1. The van der Waals surface area contributed by atoms with Crippen LogP contribution in [0.2, 0.25) is 0 Å². The number of hydrogen-bond donors (Lipinski definition) is 2. The highest BCUT2D eigenvalue weighted by atomic mass is 17.1. The second-order valence-electron chi connectivity index (χ2n) is 8.31. The van der Waals surface area contributed by atoms with E-state index in [4.69, 9.17) is 9.47 Å². The van der Waals surface area contributed by atoms with Gasteiger partial charge in [0.25, 0.3) is 0 Å². The Labute approximate surface area is 154 Å². The lowest BCUT2D eigenvalue weighted by Gasteiger charge is -2.28. The standard InChI is InChI=1S/C20H30O6/c1-11-6-5-7-12(2)17(21)18-14(13(3)19(22)24-18)10-16-20(4,25-16)9-8-15(11)26-23/h12,14-18,21,23H,1,3,5-10H2,2,4H3/t12-,14-,15+,16+,17+,18+,20+/m0/s1. The van der Waals surface area contributed by atoms with Gasteiger partial charge in [-0.2, -0.15) is 0 Å². The SMILES string of the molecule is C=C1CCC[C@H](C)[C@@H](O)[C@@H]2OC(=O)C(=C)[C@@H]2C[C@H]2O[C@]2(C)CC[C@H]1OO. The normalized spacial score (nSPS) is 44.7. The van der Waals surface area contributed by atoms with Crippen LogP contribution in [0, 0.1) is 11.8 Å². The lowest BCUT2D eigenvalue weighted by molar-refractivity contribution is -0.270. The molecule has 2 aliphatic heterocycles. The number of fused-ring (bicyclic) bond motifs is 2. The summed E-state index contributed by atoms with van der Waals surface area (Å²) in [6, 6.07) is 0. The Morgan fingerprint density at radius 3 is 2.73 bits per heavy atom. The number of aliphatic hydroxyl groups excluding tert-OH is 1. The third kappa shape index (κ3) is 3.74. The van der Waals surface area contributed by atoms with Gasteiger partial charge in [-0.05, 0) is 56.9 Å². The predicted molar refractivity (Wildman–Crippen MR) is 95.3 cm³/mol. The number of hydrogen-bond acceptors (Lipinski definition) is 6. The summed E-state index contributed by atoms with van der Waals surface area (Å²) in [5.41, 5.74) is 0.954. The molecule has 146 valence electrons. The number of esters is 1. The van der Waals surface area contributed by atoms with E-state index in [9.17, 15) is 15.2 Å². The quantitative estimate of drug-likeness (QED) is 0.185. The summed E-state index contributed by atoms with van der Waals surface area (Å²) in [6.07, 6.45) is 2.52. The Hall–Kier alpha value is -1.21. The third-order valence-corrected chi connectivity index (χ3v) is 6.42. The Morgan fingerprint density at radius 2 is 2.04 bits per heavy atom. The zero-order valence-electron chi connectivity index (χ0n) is 15.6. The maximum absolute atomic E-state index is 12.0. The van der Waals surface area contributed by atoms with E-state index in [2.05, 4.69) is 18.0 Å². The molecule has 0 radical (unpaired) electrons. The van der Waals surface area contributed by atoms with Crippen LogP contribution in [0.15, 0.2) is 24.3 Å². The van der Waals surface area contributed by atoms with Crippen molar-refractivity contribution < 1.29 is 29.5 Å². The van der Waals surface area contributed by atoms with E-state index in [1.165, 1.54) is 0 Å². The monoisotopic (exact) mass is 366 g/mol. The highest BCUT2D eigenvalue weighted by molar-refractivity contribution is 5.90. The van der Waals surface area contributed by atoms with Gasteiger partial charge in [-0.25, -0.2) is 9.68 Å². The molecule has 7 atom stereocenters. The van der Waals surface area contributed by atoms with Crippen LogP contribution >= 0.6 is 0 Å². The summed E-state index contributed by atoms with van der Waals surface area (Å²) >= 11 is 0. The molecule has 1 saturated carbocycles. The van der Waals surface area contributed by atoms with Gasteiger partial charge in [-0.1, -0.05) is 20.1 Å². The molecule has 2 saturated heterocycles. The minimum atomic E-state index is -0.741. The van der Waals surface area contributed by atoms with Gasteiger partial charge in [0.05, 0.1) is 17.8 Å². The van der Waals surface area contributed by atoms with Gasteiger partial charge >= 0.3 is 5.97 Å². The van der Waals surface area contributed by atoms with Crippen molar-refractivity contribution in [1.29, 1.82) is 0 Å². The van der Waals surface area contributed by atoms with E-state index in [1.54, 1.807) is 0 Å². The molecule has 26 heavy (non-hydrogen) atoms. The number of epoxide rings is 1. The number of carbonyl (C=O) groups excluding carboxylic acids is 1. The van der Waals surface area contributed by atoms with Gasteiger partial charge in [0, 0.05) is 11.5 Å². The molecule has 3 fully saturated rings. The molecule has 2 heterocycles. The molecule has 3 rings (SSSR count). The molecule has 0 aromatic carbocycles. The average molecular weight is 366 g/mol. The molecule has 0 bridgehead atoms. The number of rotatable bonds is 1. The van der Waals surface area contributed by atoms with Crippen LogP contribution in [0.25, 0.3) is 0 Å². The first-order valence-electron chi connectivity index (χ1n) is 9.50. The minimum absolute atomic E-state index is 0.0284. The minimum Gasteiger partial charge on any atom is -0.456 e. The van der Waals surface area contributed by atoms with Crippen LogP contribution in [0.3, 0.4) is 0 Å². The van der Waals surface area contributed by atoms with Gasteiger partial charge in [0.2, 0.25) is 0 Å². The van der Waals surface area contributed by atoms with E-state index < -0.39 is 24.3 Å². The van der Waals surface area contributed by atoms with Crippen molar-refractivity contribution in [3.05, 3.63) is 24.3 Å². The molecule has 1 aliphatic carbocycles. The average Bonchev–Trinajstić information content (AvgIpc) is 3.16. The van der Waals surface area contributed by atoms with E-state index in [0.717, 1.165) is 24.8 Å². The molecule has 6 nitrogen and oxygen atoms in total. The van der Waals surface area contributed by atoms with Crippen molar-refractivity contribution in [2.45, 2.75) is 82.4 Å². The fourth-order valence-corrected chi connectivity index (χ4v) is 4.31. The lowest BCUT2D eigenvalue weighted by Crippen LogP contribution is -2.37. The second-order valence-corrected chi connectivity index (χ2v) is 8.31. The molecular weight excluding hydrogens is 336 g/mol. The van der Waals surface area contributed by atoms with Gasteiger partial charge < -0.3 is 14.6 Å². The predicted octanol–water partition coefficient (Wildman–Crippen LogP) is 3.01. The first-order chi connectivity index (χ1) is 12.3. The van der Waals surface area contributed by atoms with Gasteiger partial charge in [-0.3, -0.25) is 5.26 Å². The number of aliphatic hydroxyl groups is 1. The first-order valence-corrected chi connectivity index (χ1v) is 9.50. The largest absolute Gasteiger partial charge is 0.456 e. The fourth-order valence-electron chi connectivity index (χ4n) is 4.31. The topological polar surface area (TPSA) is 88.5 Å². The Kier molecular flexibility index (Phi) is 5.58. The summed E-state index contributed by atoms with van der Waals surface area (Å²) in [5, 5.41) is 20.0. The van der Waals surface area contributed by atoms with E-state index in [-0.39, 0.29) is 23.5 Å². The maximum atomic E-state index is 12.0. The Bertz CT molecular complexity index is 587. The second kappa shape index (κ2) is 7.43. The van der Waals surface area contributed by atoms with E-state index in [1.807, 2.05) is 13.8 Å². The van der Waals surface area contributed by atoms with Crippen LogP contribution < -0.4 is 0 Å². The molecule has 0 aromatic heterocycles. The Balaban J connectivity index is 1.79. The van der Waals surface area contributed by atoms with Crippen LogP contribution in [-0.2, 0) is 19.2 Å². The van der Waals surface area contributed by atoms with Crippen LogP contribution in [0.4, 0.5) is 0 Å². The van der Waals surface area contributed by atoms with Crippen LogP contribution in [-0.4, -0.2) is 46.3 Å². The number of ether oxygens (including phenoxy) is 2. The van der Waals surface area contributed by atoms with E-state index >= 15 is 0 Å². The third-order valence-electron chi connectivity index (χ3n) is 6.42. The summed E-state index contributed by atoms with van der Waals surface area (Å²) in [4.78, 5) is 16.7. The summed E-state index contributed by atoms with van der Waals surface area (Å²) in [5.74, 6) is -0.674. The molecule has 6 heteroatoms. The smallest absolute Gasteiger partial charge is 0.334 e. The highest BCUT2D eigenvalue weighted by Gasteiger charge is 2.56. The van der Waals surface area contributed by atoms with Gasteiger partial charge in [0.1, 0.15) is 12.2 Å². The zero-order valence-corrected chi connectivity index (χ0v) is 15.6. The summed E-state index contributed by atoms with van der Waals surface area (Å²) < 4.78 is 11.4. The maximum Gasteiger partial charge on any atom is 0.334 e. The van der Waals surface area contributed by atoms with Crippen molar-refractivity contribution in [2.24, 2.45) is 11.8 Å². The molecule has 0 spiro atoms. The van der Waals surface area contributed by atoms with Crippen molar-refractivity contribution in [1.82, 2.24) is 0 Å². The molecule has 3 aliphatic rings. The molecule has 0 aromatic rings. The van der Waals surface area contributed by atoms with Crippen LogP contribution in [0.1, 0.15) is 52.4 Å². The Morgan fingerprint density at radius 1 is 1.31 bits per heavy atom. The molecular formula is C20H30O6. The molecule has 0 amide bonds. The molecule has 0 unspecified atom stereocenters. The van der Waals surface area contributed by atoms with Crippen molar-refractivity contribution >= 4 is 5.97 Å². The summed E-state index contributed by atoms with van der Waals surface area (Å²) in [6.45, 7) is 11.9. The van der Waals surface area contributed by atoms with Gasteiger partial charge in [-0.15, -0.1) is 0 Å². The fraction of sp³-hybridized carbons (Fsp3) is 0.750. The zero-order chi connectivity index (χ0) is 19.1. The van der Waals surface area contributed by atoms with Gasteiger partial charge in [0.15, 0.2) is 0 Å².